The number of esters is 1. The summed E-state index contributed by atoms with van der Waals surface area (Å²) in [7, 11) is 5.24. The van der Waals surface area contributed by atoms with Crippen LogP contribution in [-0.2, 0) is 14.4 Å². The molecule has 3 aromatic rings. The molecular weight excluding hydrogens is 494 g/mol. The minimum atomic E-state index is -1.59. The van der Waals surface area contributed by atoms with Gasteiger partial charge in [-0.2, -0.15) is 0 Å². The largest absolute Gasteiger partial charge is 0.497 e. The van der Waals surface area contributed by atoms with Crippen molar-refractivity contribution in [2.24, 2.45) is 0 Å². The van der Waals surface area contributed by atoms with Crippen LogP contribution in [0.4, 0.5) is 0 Å². The smallest absolute Gasteiger partial charge is 0.333 e. The third-order valence-electron chi connectivity index (χ3n) is 5.78. The number of carboxylic acids is 2. The predicted octanol–water partition coefficient (Wildman–Crippen LogP) is 2.56. The van der Waals surface area contributed by atoms with E-state index in [2.05, 4.69) is 10.3 Å². The molecule has 0 saturated carbocycles. The van der Waals surface area contributed by atoms with Gasteiger partial charge in [0, 0.05) is 41.3 Å². The minimum Gasteiger partial charge on any atom is -0.497 e. The third-order valence-corrected chi connectivity index (χ3v) is 5.78. The highest BCUT2D eigenvalue weighted by Crippen LogP contribution is 2.37. The number of benzene rings is 2. The van der Waals surface area contributed by atoms with E-state index in [1.165, 1.54) is 31.4 Å². The van der Waals surface area contributed by atoms with Gasteiger partial charge in [-0.1, -0.05) is 0 Å². The molecule has 1 amide bonds. The number of aromatic amines is 1. The lowest BCUT2D eigenvalue weighted by atomic mass is 9.88. The molecule has 2 aromatic carbocycles. The van der Waals surface area contributed by atoms with Gasteiger partial charge >= 0.3 is 17.9 Å². The maximum Gasteiger partial charge on any atom is 0.333 e. The van der Waals surface area contributed by atoms with Crippen LogP contribution in [0, 0.1) is 6.92 Å². The molecule has 1 atom stereocenters. The maximum atomic E-state index is 13.5. The van der Waals surface area contributed by atoms with Crippen LogP contribution in [0.25, 0.3) is 10.9 Å². The van der Waals surface area contributed by atoms with Gasteiger partial charge in [-0.25, -0.2) is 9.59 Å². The van der Waals surface area contributed by atoms with Crippen LogP contribution in [0.1, 0.15) is 27.5 Å². The predicted molar refractivity (Wildman–Crippen MR) is 139 cm³/mol. The molecule has 1 unspecified atom stereocenters. The lowest BCUT2D eigenvalue weighted by molar-refractivity contribution is -0.139. The van der Waals surface area contributed by atoms with E-state index >= 15 is 0 Å². The number of hydrogen-bond donors (Lipinski definition) is 4. The number of carbonyl (C=O) groups is 4. The number of rotatable bonds is 11. The number of nitrogens with zero attached hydrogens (tertiary/aromatic N) is 1. The summed E-state index contributed by atoms with van der Waals surface area (Å²) in [6, 6.07) is 10.8. The van der Waals surface area contributed by atoms with E-state index in [9.17, 15) is 29.4 Å². The number of carbonyl (C=O) groups excluding carboxylic acids is 2. The maximum absolute atomic E-state index is 13.5. The van der Waals surface area contributed by atoms with Crippen LogP contribution in [0.15, 0.2) is 54.1 Å². The first-order valence-corrected chi connectivity index (χ1v) is 11.6. The molecule has 0 aliphatic carbocycles. The number of hydrogen-bond acceptors (Lipinski definition) is 7. The summed E-state index contributed by atoms with van der Waals surface area (Å²) in [6.45, 7) is 2.76. The van der Waals surface area contributed by atoms with E-state index in [0.29, 0.717) is 47.1 Å². The lowest BCUT2D eigenvalue weighted by Crippen LogP contribution is -2.31. The number of H-pyrrole nitrogens is 1. The first-order chi connectivity index (χ1) is 18.0. The fourth-order valence-corrected chi connectivity index (χ4v) is 3.97. The van der Waals surface area contributed by atoms with Gasteiger partial charge in [0.1, 0.15) is 17.4 Å². The number of aliphatic carboxylic acids is 2. The van der Waals surface area contributed by atoms with Crippen LogP contribution in [-0.4, -0.2) is 78.2 Å². The summed E-state index contributed by atoms with van der Waals surface area (Å²) in [4.78, 5) is 54.4. The number of carboxylic acid groups (broad SMARTS) is 2. The zero-order chi connectivity index (χ0) is 28.0. The number of nitrogens with one attached hydrogen (secondary N) is 2. The molecule has 200 valence electrons. The van der Waals surface area contributed by atoms with Crippen LogP contribution >= 0.6 is 0 Å². The first-order valence-electron chi connectivity index (χ1n) is 11.6. The number of aromatic nitrogens is 1. The first kappa shape index (κ1) is 27.9. The Labute approximate surface area is 218 Å². The Balaban J connectivity index is 1.98. The van der Waals surface area contributed by atoms with Gasteiger partial charge in [0.2, 0.25) is 0 Å². The van der Waals surface area contributed by atoms with Gasteiger partial charge in [0.25, 0.3) is 5.91 Å². The highest BCUT2D eigenvalue weighted by molar-refractivity contribution is 6.05. The van der Waals surface area contributed by atoms with Crippen molar-refractivity contribution < 1.29 is 38.9 Å². The van der Waals surface area contributed by atoms with Crippen molar-refractivity contribution in [3.05, 3.63) is 70.9 Å². The fraction of sp³-hybridized carbons (Fsp3) is 0.259. The molecule has 38 heavy (non-hydrogen) atoms. The normalized spacial score (nSPS) is 12.3. The Hall–Kier alpha value is -4.64. The topological polar surface area (TPSA) is 158 Å². The highest BCUT2D eigenvalue weighted by atomic mass is 16.5. The molecule has 3 rings (SSSR count). The number of fused-ring (bicyclic) bond motifs is 1. The Bertz CT molecular complexity index is 1390. The zero-order valence-corrected chi connectivity index (χ0v) is 21.4. The molecule has 0 fully saturated rings. The zero-order valence-electron chi connectivity index (χ0n) is 21.4. The van der Waals surface area contributed by atoms with Crippen LogP contribution in [0.3, 0.4) is 0 Å². The number of methoxy groups -OCH3 is 1. The van der Waals surface area contributed by atoms with Gasteiger partial charge in [0.05, 0.1) is 12.7 Å². The number of likely N-dealkylation sites (N-methyl/N-ethyl adjacent to an activating group) is 1. The molecule has 0 spiro atoms. The number of ether oxygens (including phenoxy) is 2. The van der Waals surface area contributed by atoms with Crippen molar-refractivity contribution in [1.82, 2.24) is 15.2 Å². The summed E-state index contributed by atoms with van der Waals surface area (Å²) in [5.74, 6) is -5.49. The van der Waals surface area contributed by atoms with Crippen LogP contribution in [0.2, 0.25) is 0 Å². The monoisotopic (exact) mass is 523 g/mol. The Kier molecular flexibility index (Phi) is 8.87. The molecule has 1 aromatic heterocycles. The molecular formula is C27H29N3O8. The molecule has 0 aliphatic heterocycles. The molecule has 0 bridgehead atoms. The Morgan fingerprint density at radius 2 is 1.71 bits per heavy atom. The molecule has 1 heterocycles. The van der Waals surface area contributed by atoms with Gasteiger partial charge in [-0.05, 0) is 69.0 Å². The summed E-state index contributed by atoms with van der Waals surface area (Å²) < 4.78 is 10.8. The summed E-state index contributed by atoms with van der Waals surface area (Å²) in [6.07, 6.45) is 0.480. The Morgan fingerprint density at radius 3 is 2.29 bits per heavy atom. The minimum absolute atomic E-state index is 0.0555. The van der Waals surface area contributed by atoms with Gasteiger partial charge in [-0.3, -0.25) is 9.59 Å². The SMILES string of the molecule is COc1ccc2[nH]c(C)c(C(C(=O)Oc3ccc(C(=O)NCCN(C)C)cc3)/C(=C/C(=O)O)C(=O)O)c2c1. The van der Waals surface area contributed by atoms with Gasteiger partial charge in [-0.15, -0.1) is 0 Å². The van der Waals surface area contributed by atoms with E-state index in [4.69, 9.17) is 9.47 Å². The van der Waals surface area contributed by atoms with Crippen molar-refractivity contribution in [2.75, 3.05) is 34.3 Å². The third kappa shape index (κ3) is 6.56. The quantitative estimate of drug-likeness (QED) is 0.168. The highest BCUT2D eigenvalue weighted by Gasteiger charge is 2.35. The van der Waals surface area contributed by atoms with Crippen molar-refractivity contribution in [3.8, 4) is 11.5 Å². The van der Waals surface area contributed by atoms with E-state index in [1.54, 1.807) is 25.1 Å². The van der Waals surface area contributed by atoms with E-state index in [1.807, 2.05) is 19.0 Å². The van der Waals surface area contributed by atoms with Crippen molar-refractivity contribution in [2.45, 2.75) is 12.8 Å². The van der Waals surface area contributed by atoms with Crippen molar-refractivity contribution >= 4 is 34.7 Å². The second-order valence-corrected chi connectivity index (χ2v) is 8.76. The lowest BCUT2D eigenvalue weighted by Gasteiger charge is -2.18. The van der Waals surface area contributed by atoms with Crippen LogP contribution in [0.5, 0.6) is 11.5 Å². The summed E-state index contributed by atoms with van der Waals surface area (Å²) in [5.41, 5.74) is 0.969. The Morgan fingerprint density at radius 1 is 1.05 bits per heavy atom. The second kappa shape index (κ2) is 12.1. The molecule has 0 saturated heterocycles. The summed E-state index contributed by atoms with van der Waals surface area (Å²) in [5, 5.41) is 22.4. The van der Waals surface area contributed by atoms with Gasteiger partial charge in [0.15, 0.2) is 0 Å². The number of aryl methyl sites for hydroxylation is 1. The molecule has 11 heteroatoms. The van der Waals surface area contributed by atoms with Crippen LogP contribution < -0.4 is 14.8 Å². The average molecular weight is 524 g/mol. The van der Waals surface area contributed by atoms with Gasteiger partial charge < -0.3 is 34.9 Å². The average Bonchev–Trinajstić information content (AvgIpc) is 3.18. The second-order valence-electron chi connectivity index (χ2n) is 8.76. The standard InChI is InChI=1S/C27H29N3O8/c1-15-23(19-13-18(37-4)9-10-21(19)29-15)24(20(26(34)35)14-22(31)32)27(36)38-17-7-5-16(6-8-17)25(33)28-11-12-30(2)3/h5-10,13-14,24,29H,11-12H2,1-4H3,(H,28,33)(H,31,32)(H,34,35)/b20-14-. The van der Waals surface area contributed by atoms with E-state index < -0.39 is 29.4 Å². The van der Waals surface area contributed by atoms with E-state index in [0.717, 1.165) is 0 Å². The summed E-state index contributed by atoms with van der Waals surface area (Å²) >= 11 is 0. The molecule has 0 aliphatic rings. The fourth-order valence-electron chi connectivity index (χ4n) is 3.97. The van der Waals surface area contributed by atoms with Crippen molar-refractivity contribution in [3.63, 3.8) is 0 Å². The molecule has 0 radical (unpaired) electrons. The van der Waals surface area contributed by atoms with Crippen molar-refractivity contribution in [1.29, 1.82) is 0 Å². The molecule has 11 nitrogen and oxygen atoms in total. The van der Waals surface area contributed by atoms with E-state index in [-0.39, 0.29) is 17.2 Å². The number of amides is 1. The molecule has 4 N–H and O–H groups in total.